The molecule has 3 aromatic rings. The third-order valence-electron chi connectivity index (χ3n) is 7.73. The number of hydrogen-bond donors (Lipinski definition) is 2. The van der Waals surface area contributed by atoms with Crippen LogP contribution in [0.1, 0.15) is 41.2 Å². The zero-order valence-electron chi connectivity index (χ0n) is 22.0. The third kappa shape index (κ3) is 4.25. The summed E-state index contributed by atoms with van der Waals surface area (Å²) in [6, 6.07) is 7.11. The van der Waals surface area contributed by atoms with E-state index < -0.39 is 8.07 Å². The van der Waals surface area contributed by atoms with Crippen molar-refractivity contribution in [2.45, 2.75) is 64.3 Å². The molecule has 2 fully saturated rings. The van der Waals surface area contributed by atoms with Gasteiger partial charge in [0.1, 0.15) is 4.88 Å². The maximum Gasteiger partial charge on any atom is 0.263 e. The van der Waals surface area contributed by atoms with Crippen LogP contribution in [0.15, 0.2) is 18.2 Å². The topological polar surface area (TPSA) is 73.5 Å². The van der Waals surface area contributed by atoms with E-state index in [2.05, 4.69) is 71.8 Å². The highest BCUT2D eigenvalue weighted by Crippen LogP contribution is 2.35. The van der Waals surface area contributed by atoms with Crippen molar-refractivity contribution in [1.82, 2.24) is 15.3 Å². The maximum atomic E-state index is 12.8. The van der Waals surface area contributed by atoms with Crippen molar-refractivity contribution < 1.29 is 9.53 Å². The van der Waals surface area contributed by atoms with Crippen molar-refractivity contribution in [3.63, 3.8) is 0 Å². The highest BCUT2D eigenvalue weighted by molar-refractivity contribution is 7.17. The zero-order chi connectivity index (χ0) is 25.2. The number of morpholine rings is 1. The van der Waals surface area contributed by atoms with Gasteiger partial charge in [-0.2, -0.15) is 0 Å². The summed E-state index contributed by atoms with van der Waals surface area (Å²) in [5, 5.41) is 6.87. The van der Waals surface area contributed by atoms with Crippen molar-refractivity contribution in [1.29, 1.82) is 0 Å². The first-order chi connectivity index (χ1) is 17.1. The van der Waals surface area contributed by atoms with Gasteiger partial charge >= 0.3 is 0 Å². The molecule has 0 aliphatic carbocycles. The number of H-pyrrole nitrogens is 1. The number of carbonyl (C=O) groups is 1. The van der Waals surface area contributed by atoms with E-state index in [0.29, 0.717) is 13.2 Å². The fraction of sp³-hybridized carbons (Fsp3) is 0.556. The second-order valence-electron chi connectivity index (χ2n) is 12.2. The van der Waals surface area contributed by atoms with E-state index in [1.807, 2.05) is 0 Å². The largest absolute Gasteiger partial charge is 0.377 e. The first-order valence-corrected chi connectivity index (χ1v) is 17.5. The van der Waals surface area contributed by atoms with Gasteiger partial charge in [-0.3, -0.25) is 4.79 Å². The van der Waals surface area contributed by atoms with Crippen LogP contribution >= 0.6 is 11.3 Å². The first kappa shape index (κ1) is 24.0. The van der Waals surface area contributed by atoms with Gasteiger partial charge in [-0.25, -0.2) is 4.98 Å². The lowest BCUT2D eigenvalue weighted by Crippen LogP contribution is -2.49. The van der Waals surface area contributed by atoms with Gasteiger partial charge in [-0.1, -0.05) is 31.0 Å². The number of aromatic amines is 1. The molecule has 2 saturated heterocycles. The number of rotatable bonds is 5. The van der Waals surface area contributed by atoms with E-state index in [0.717, 1.165) is 48.2 Å². The quantitative estimate of drug-likeness (QED) is 0.497. The molecule has 6 rings (SSSR count). The number of nitrogens with zero attached hydrogens (tertiary/aromatic N) is 3. The number of amides is 1. The molecule has 0 radical (unpaired) electrons. The van der Waals surface area contributed by atoms with E-state index in [9.17, 15) is 4.79 Å². The second kappa shape index (κ2) is 8.60. The molecular formula is C27H37N5O2SSi. The van der Waals surface area contributed by atoms with Crippen molar-refractivity contribution in [3.8, 4) is 0 Å². The molecule has 2 aromatic heterocycles. The van der Waals surface area contributed by atoms with E-state index in [1.165, 1.54) is 45.2 Å². The molecule has 0 saturated carbocycles. The zero-order valence-corrected chi connectivity index (χ0v) is 23.8. The summed E-state index contributed by atoms with van der Waals surface area (Å²) in [6.07, 6.45) is 2.95. The minimum absolute atomic E-state index is 0.00554. The van der Waals surface area contributed by atoms with Crippen molar-refractivity contribution >= 4 is 52.4 Å². The Morgan fingerprint density at radius 3 is 2.75 bits per heavy atom. The highest BCUT2D eigenvalue weighted by Gasteiger charge is 2.36. The number of fused-ring (bicyclic) bond motifs is 2. The summed E-state index contributed by atoms with van der Waals surface area (Å²) < 4.78 is 6.01. The minimum Gasteiger partial charge on any atom is -0.377 e. The highest BCUT2D eigenvalue weighted by atomic mass is 32.1. The van der Waals surface area contributed by atoms with Crippen LogP contribution in [0.25, 0.3) is 10.9 Å². The summed E-state index contributed by atoms with van der Waals surface area (Å²) in [5.41, 5.74) is 4.67. The predicted molar refractivity (Wildman–Crippen MR) is 151 cm³/mol. The van der Waals surface area contributed by atoms with Gasteiger partial charge in [0, 0.05) is 53.5 Å². The van der Waals surface area contributed by atoms with Crippen molar-refractivity contribution in [2.24, 2.45) is 0 Å². The van der Waals surface area contributed by atoms with Gasteiger partial charge in [0.2, 0.25) is 0 Å². The fourth-order valence-electron chi connectivity index (χ4n) is 5.76. The number of ether oxygens (including phenoxy) is 1. The Labute approximate surface area is 218 Å². The average Bonchev–Trinajstić information content (AvgIpc) is 3.34. The third-order valence-corrected chi connectivity index (χ3v) is 10.8. The SMILES string of the molecule is CC1(C)Cc2nc(N3CCOC[C@@H]3Cc3c([Si](C)(C)C)[nH]c4ccc(N5CCC5)cc34)sc2C(=O)N1. The number of carbonyl (C=O) groups excluding carboxylic acids is 1. The van der Waals surface area contributed by atoms with Gasteiger partial charge in [0.15, 0.2) is 5.13 Å². The molecule has 7 nitrogen and oxygen atoms in total. The molecule has 36 heavy (non-hydrogen) atoms. The Morgan fingerprint density at radius 1 is 1.22 bits per heavy atom. The Bertz CT molecular complexity index is 1320. The van der Waals surface area contributed by atoms with Crippen LogP contribution in [0.5, 0.6) is 0 Å². The first-order valence-electron chi connectivity index (χ1n) is 13.2. The Kier molecular flexibility index (Phi) is 5.73. The monoisotopic (exact) mass is 523 g/mol. The molecule has 1 amide bonds. The van der Waals surface area contributed by atoms with Gasteiger partial charge in [-0.15, -0.1) is 0 Å². The summed E-state index contributed by atoms with van der Waals surface area (Å²) in [7, 11) is -1.61. The normalized spacial score (nSPS) is 21.9. The summed E-state index contributed by atoms with van der Waals surface area (Å²) in [4.78, 5) is 27.2. The number of nitrogens with one attached hydrogen (secondary N) is 2. The van der Waals surface area contributed by atoms with Crippen LogP contribution in [0.2, 0.25) is 19.6 Å². The summed E-state index contributed by atoms with van der Waals surface area (Å²) in [5.74, 6) is 0.00554. The standard InChI is InChI=1S/C27H37N5O2SSi/c1-27(2)15-22-23(24(33)30-27)35-26(29-22)32-11-12-34-16-18(32)14-20-19-13-17(31-9-6-10-31)7-8-21(19)28-25(20)36(3,4)5/h7-8,13,18,28H,6,9-12,14-16H2,1-5H3,(H,30,33)/t18-/m0/s1. The van der Waals surface area contributed by atoms with E-state index in [-0.39, 0.29) is 17.5 Å². The van der Waals surface area contributed by atoms with Crippen LogP contribution in [-0.4, -0.2) is 68.4 Å². The molecule has 1 atom stereocenters. The minimum atomic E-state index is -1.61. The molecule has 5 heterocycles. The Morgan fingerprint density at radius 2 is 2.03 bits per heavy atom. The molecule has 0 unspecified atom stereocenters. The van der Waals surface area contributed by atoms with Crippen LogP contribution in [-0.2, 0) is 17.6 Å². The lowest BCUT2D eigenvalue weighted by Gasteiger charge is -2.36. The van der Waals surface area contributed by atoms with Crippen molar-refractivity contribution in [2.75, 3.05) is 42.6 Å². The van der Waals surface area contributed by atoms with Crippen molar-refractivity contribution in [3.05, 3.63) is 34.3 Å². The van der Waals surface area contributed by atoms with Gasteiger partial charge in [0.25, 0.3) is 5.91 Å². The molecule has 0 bridgehead atoms. The lowest BCUT2D eigenvalue weighted by molar-refractivity contribution is 0.0900. The summed E-state index contributed by atoms with van der Waals surface area (Å²) >= 11 is 1.54. The second-order valence-corrected chi connectivity index (χ2v) is 18.2. The Balaban J connectivity index is 1.37. The molecule has 9 heteroatoms. The van der Waals surface area contributed by atoms with Crippen LogP contribution in [0.3, 0.4) is 0 Å². The molecule has 3 aliphatic rings. The molecular weight excluding hydrogens is 486 g/mol. The Hall–Kier alpha value is -2.36. The molecule has 2 N–H and O–H groups in total. The molecule has 3 aliphatic heterocycles. The number of benzene rings is 1. The van der Waals surface area contributed by atoms with Crippen LogP contribution < -0.4 is 20.4 Å². The molecule has 192 valence electrons. The van der Waals surface area contributed by atoms with E-state index in [1.54, 1.807) is 0 Å². The predicted octanol–water partition coefficient (Wildman–Crippen LogP) is 3.89. The average molecular weight is 524 g/mol. The smallest absolute Gasteiger partial charge is 0.263 e. The summed E-state index contributed by atoms with van der Waals surface area (Å²) in [6.45, 7) is 15.8. The number of anilines is 2. The van der Waals surface area contributed by atoms with E-state index in [4.69, 9.17) is 9.72 Å². The van der Waals surface area contributed by atoms with Gasteiger partial charge in [0.05, 0.1) is 33.0 Å². The van der Waals surface area contributed by atoms with Crippen LogP contribution in [0, 0.1) is 0 Å². The van der Waals surface area contributed by atoms with E-state index >= 15 is 0 Å². The number of hydrogen-bond acceptors (Lipinski definition) is 6. The maximum absolute atomic E-state index is 12.8. The van der Waals surface area contributed by atoms with Gasteiger partial charge < -0.3 is 24.8 Å². The lowest BCUT2D eigenvalue weighted by atomic mass is 9.94. The number of aromatic nitrogens is 2. The van der Waals surface area contributed by atoms with Crippen LogP contribution in [0.4, 0.5) is 10.8 Å². The molecule has 1 aromatic carbocycles. The number of thiazole rings is 1. The fourth-order valence-corrected chi connectivity index (χ4v) is 8.48. The molecule has 0 spiro atoms. The van der Waals surface area contributed by atoms with Gasteiger partial charge in [-0.05, 0) is 50.5 Å².